The van der Waals surface area contributed by atoms with Gasteiger partial charge in [0.15, 0.2) is 0 Å². The highest BCUT2D eigenvalue weighted by Gasteiger charge is 2.44. The molecular weight excluding hydrogens is 1010 g/mol. The van der Waals surface area contributed by atoms with Gasteiger partial charge in [-0.15, -0.1) is 0 Å². The van der Waals surface area contributed by atoms with Gasteiger partial charge in [0.1, 0.15) is 30.3 Å². The Morgan fingerprint density at radius 2 is 1.47 bits per heavy atom. The Balaban J connectivity index is 1.34. The second-order valence-corrected chi connectivity index (χ2v) is 23.4. The molecule has 0 radical (unpaired) electrons. The van der Waals surface area contributed by atoms with E-state index in [4.69, 9.17) is 14.2 Å². The van der Waals surface area contributed by atoms with E-state index >= 15 is 0 Å². The van der Waals surface area contributed by atoms with Gasteiger partial charge in [0.25, 0.3) is 0 Å². The molecule has 18 heteroatoms. The quantitative estimate of drug-likeness (QED) is 0.0529. The van der Waals surface area contributed by atoms with Crippen LogP contribution in [0.2, 0.25) is 0 Å². The van der Waals surface area contributed by atoms with Gasteiger partial charge in [0.2, 0.25) is 29.5 Å². The topological polar surface area (TPSA) is 209 Å². The van der Waals surface area contributed by atoms with Gasteiger partial charge in [-0.3, -0.25) is 43.4 Å². The van der Waals surface area contributed by atoms with Crippen molar-refractivity contribution in [2.75, 3.05) is 47.7 Å². The lowest BCUT2D eigenvalue weighted by Crippen LogP contribution is -2.60. The summed E-state index contributed by atoms with van der Waals surface area (Å²) in [4.78, 5) is 114. The molecule has 2 aromatic carbocycles. The Bertz CT molecular complexity index is 2300. The predicted molar refractivity (Wildman–Crippen MR) is 302 cm³/mol. The van der Waals surface area contributed by atoms with Gasteiger partial charge >= 0.3 is 6.09 Å². The number of hydrogen-bond donors (Lipinski definition) is 2. The van der Waals surface area contributed by atoms with Crippen LogP contribution in [0.15, 0.2) is 54.6 Å². The van der Waals surface area contributed by atoms with Gasteiger partial charge in [-0.05, 0) is 72.3 Å². The highest BCUT2D eigenvalue weighted by Crippen LogP contribution is 2.33. The number of unbranched alkanes of at least 4 members (excludes halogenated alkanes) is 2. The molecule has 11 atom stereocenters. The highest BCUT2D eigenvalue weighted by atomic mass is 32.2. The SMILES string of the molecule is CC[C@H](C)[C@@H]([C@@H](CC(=O)N1CCC[C@H]1[C@H](OC)[C@@H](C)C(=O)C[C@H](C)[C@@H](O)c1ccccc1)OC)N(C)C(=O)[C@@H](NC(=O)[C@H](C(C)C)N(C)C(=O)OCc1ccc(CC(=O)CCCCCN2C(=O)CC(SC)C2=O)cc1)C(C)C. The number of amides is 6. The molecule has 2 fully saturated rings. The minimum Gasteiger partial charge on any atom is -0.445 e. The van der Waals surface area contributed by atoms with E-state index in [2.05, 4.69) is 5.32 Å². The van der Waals surface area contributed by atoms with E-state index in [0.717, 1.165) is 24.0 Å². The number of methoxy groups -OCH3 is 2. The third-order valence-electron chi connectivity index (χ3n) is 16.0. The first-order valence-electron chi connectivity index (χ1n) is 28.0. The van der Waals surface area contributed by atoms with Crippen molar-refractivity contribution in [2.24, 2.45) is 29.6 Å². The number of nitrogens with zero attached hydrogens (tertiary/aromatic N) is 4. The molecule has 0 aliphatic carbocycles. The molecule has 2 aromatic rings. The third-order valence-corrected chi connectivity index (χ3v) is 16.9. The molecule has 0 aromatic heterocycles. The van der Waals surface area contributed by atoms with Crippen molar-refractivity contribution in [3.8, 4) is 0 Å². The zero-order valence-electron chi connectivity index (χ0n) is 48.7. The first-order valence-corrected chi connectivity index (χ1v) is 29.3. The number of Topliss-reactive ketones (excluding diaryl/α,β-unsaturated/α-hetero) is 2. The molecule has 0 bridgehead atoms. The summed E-state index contributed by atoms with van der Waals surface area (Å²) in [5.41, 5.74) is 2.25. The number of carbonyl (C=O) groups excluding carboxylic acids is 8. The number of likely N-dealkylation sites (N-methyl/N-ethyl adjacent to an activating group) is 2. The van der Waals surface area contributed by atoms with Crippen LogP contribution in [0.1, 0.15) is 142 Å². The number of carbonyl (C=O) groups is 8. The lowest BCUT2D eigenvalue weighted by atomic mass is 9.85. The van der Waals surface area contributed by atoms with Crippen LogP contribution in [0.25, 0.3) is 0 Å². The predicted octanol–water partition coefficient (Wildman–Crippen LogP) is 7.83. The Hall–Kier alpha value is -5.17. The number of aliphatic hydroxyl groups excluding tert-OH is 1. The van der Waals surface area contributed by atoms with Gasteiger partial charge in [-0.2, -0.15) is 11.8 Å². The van der Waals surface area contributed by atoms with E-state index in [1.807, 2.05) is 104 Å². The largest absolute Gasteiger partial charge is 0.445 e. The number of ketones is 2. The third kappa shape index (κ3) is 17.7. The molecule has 2 aliphatic rings. The van der Waals surface area contributed by atoms with Crippen molar-refractivity contribution in [3.05, 3.63) is 71.3 Å². The molecule has 2 aliphatic heterocycles. The molecule has 434 valence electrons. The van der Waals surface area contributed by atoms with Gasteiger partial charge in [0, 0.05) is 73.0 Å². The smallest absolute Gasteiger partial charge is 0.410 e. The molecular formula is C60H91N5O12S. The van der Waals surface area contributed by atoms with Gasteiger partial charge < -0.3 is 34.4 Å². The zero-order chi connectivity index (χ0) is 58.0. The van der Waals surface area contributed by atoms with E-state index in [9.17, 15) is 43.5 Å². The summed E-state index contributed by atoms with van der Waals surface area (Å²) in [6, 6.07) is 13.5. The lowest BCUT2D eigenvalue weighted by molar-refractivity contribution is -0.148. The van der Waals surface area contributed by atoms with Crippen molar-refractivity contribution in [1.82, 2.24) is 24.9 Å². The van der Waals surface area contributed by atoms with Crippen molar-refractivity contribution in [1.29, 1.82) is 0 Å². The lowest BCUT2D eigenvalue weighted by Gasteiger charge is -2.41. The second kappa shape index (κ2) is 31.6. The Labute approximate surface area is 468 Å². The summed E-state index contributed by atoms with van der Waals surface area (Å²) in [6.07, 6.45) is 4.05. The maximum atomic E-state index is 14.7. The fourth-order valence-electron chi connectivity index (χ4n) is 11.1. The number of aliphatic hydroxyl groups is 1. The van der Waals surface area contributed by atoms with Crippen molar-refractivity contribution < 1.29 is 57.7 Å². The monoisotopic (exact) mass is 1110 g/mol. The number of rotatable bonds is 32. The maximum Gasteiger partial charge on any atom is 0.410 e. The molecule has 1 unspecified atom stereocenters. The number of benzene rings is 2. The van der Waals surface area contributed by atoms with Gasteiger partial charge in [0.05, 0.1) is 42.1 Å². The van der Waals surface area contributed by atoms with Crippen molar-refractivity contribution in [2.45, 2.75) is 180 Å². The molecule has 0 spiro atoms. The summed E-state index contributed by atoms with van der Waals surface area (Å²) < 4.78 is 17.8. The number of hydrogen-bond acceptors (Lipinski definition) is 13. The molecule has 6 amide bonds. The summed E-state index contributed by atoms with van der Waals surface area (Å²) in [5, 5.41) is 13.7. The van der Waals surface area contributed by atoms with E-state index < -0.39 is 54.4 Å². The minimum absolute atomic E-state index is 0.0414. The molecule has 2 N–H and O–H groups in total. The highest BCUT2D eigenvalue weighted by molar-refractivity contribution is 8.00. The number of ether oxygens (including phenoxy) is 3. The minimum atomic E-state index is -0.996. The normalized spacial score (nSPS) is 19.2. The Kier molecular flexibility index (Phi) is 26.5. The number of imide groups is 1. The van der Waals surface area contributed by atoms with Crippen LogP contribution in [0.5, 0.6) is 0 Å². The number of likely N-dealkylation sites (tertiary alicyclic amines) is 2. The molecule has 78 heavy (non-hydrogen) atoms. The van der Waals surface area contributed by atoms with E-state index in [-0.39, 0.29) is 102 Å². The fourth-order valence-corrected chi connectivity index (χ4v) is 11.7. The molecule has 17 nitrogen and oxygen atoms in total. The van der Waals surface area contributed by atoms with Crippen LogP contribution < -0.4 is 5.32 Å². The van der Waals surface area contributed by atoms with Crippen LogP contribution in [0.3, 0.4) is 0 Å². The molecule has 0 saturated carbocycles. The first-order chi connectivity index (χ1) is 37.0. The van der Waals surface area contributed by atoms with Crippen molar-refractivity contribution >= 4 is 59.0 Å². The summed E-state index contributed by atoms with van der Waals surface area (Å²) in [5.74, 6) is -3.06. The average Bonchev–Trinajstić information content (AvgIpc) is 4.03. The van der Waals surface area contributed by atoms with Gasteiger partial charge in [-0.25, -0.2) is 4.79 Å². The summed E-state index contributed by atoms with van der Waals surface area (Å²) >= 11 is 1.39. The van der Waals surface area contributed by atoms with E-state index in [0.29, 0.717) is 50.8 Å². The van der Waals surface area contributed by atoms with Crippen LogP contribution in [0, 0.1) is 29.6 Å². The van der Waals surface area contributed by atoms with Crippen LogP contribution in [0.4, 0.5) is 4.79 Å². The van der Waals surface area contributed by atoms with Crippen LogP contribution in [-0.4, -0.2) is 161 Å². The molecule has 4 rings (SSSR count). The standard InChI is InChI=1S/C60H91N5O12S/c1-14-39(6)54(48(75-11)34-50(68)64-31-21-25-46(64)56(76-12)41(8)47(67)32-40(7)55(70)44-22-17-15-18-23-44)62(9)59(73)52(37(2)3)61-57(71)53(38(4)5)63(10)60(74)77-36-43-28-26-42(27-29-43)33-45(66)24-19-16-20-30-65-51(69)35-49(78-13)58(65)72/h15,17-18,22-23,26-29,37-41,46,48-49,52-56,70H,14,16,19-21,24-25,30-36H2,1-13H3,(H,61,71)/t39-,40-,41-,46-,48+,49?,52-,53-,54-,55+,56+/m0/s1. The zero-order valence-corrected chi connectivity index (χ0v) is 49.6. The fraction of sp³-hybridized carbons (Fsp3) is 0.667. The average molecular weight is 1110 g/mol. The Morgan fingerprint density at radius 3 is 2.05 bits per heavy atom. The molecule has 2 heterocycles. The number of nitrogens with one attached hydrogen (secondary N) is 1. The number of thioether (sulfide) groups is 1. The first kappa shape index (κ1) is 65.3. The summed E-state index contributed by atoms with van der Waals surface area (Å²) in [7, 11) is 6.24. The maximum absolute atomic E-state index is 14.7. The van der Waals surface area contributed by atoms with E-state index in [1.54, 1.807) is 36.1 Å². The summed E-state index contributed by atoms with van der Waals surface area (Å²) in [6.45, 7) is 15.7. The van der Waals surface area contributed by atoms with Crippen molar-refractivity contribution in [3.63, 3.8) is 0 Å². The van der Waals surface area contributed by atoms with Gasteiger partial charge in [-0.1, -0.05) is 123 Å². The van der Waals surface area contributed by atoms with Crippen LogP contribution >= 0.6 is 11.8 Å². The van der Waals surface area contributed by atoms with Crippen LogP contribution in [-0.2, 0) is 60.8 Å². The van der Waals surface area contributed by atoms with E-state index in [1.165, 1.54) is 35.7 Å². The Morgan fingerprint density at radius 1 is 0.821 bits per heavy atom. The molecule has 2 saturated heterocycles. The second-order valence-electron chi connectivity index (χ2n) is 22.3.